The Kier molecular flexibility index (Phi) is 2.78. The maximum Gasteiger partial charge on any atom is 0.404 e. The Hall–Kier alpha value is -1.89. The van der Waals surface area contributed by atoms with E-state index in [1.807, 2.05) is 12.2 Å². The Balaban J connectivity index is 1.61. The fourth-order valence-electron chi connectivity index (χ4n) is 3.02. The van der Waals surface area contributed by atoms with Crippen LogP contribution in [0.3, 0.4) is 0 Å². The largest absolute Gasteiger partial charge is 0.465 e. The molecule has 102 valence electrons. The van der Waals surface area contributed by atoms with Crippen molar-refractivity contribution in [3.63, 3.8) is 0 Å². The molecule has 7 heteroatoms. The number of likely N-dealkylation sites (tertiary alicyclic amines) is 1. The van der Waals surface area contributed by atoms with Crippen LogP contribution in [-0.2, 0) is 14.3 Å². The van der Waals surface area contributed by atoms with Crippen molar-refractivity contribution >= 4 is 17.9 Å². The summed E-state index contributed by atoms with van der Waals surface area (Å²) in [5.74, 6) is -1.14. The van der Waals surface area contributed by atoms with Crippen molar-refractivity contribution in [3.8, 4) is 0 Å². The number of imide groups is 1. The molecule has 0 aromatic heterocycles. The number of nitrogens with zero attached hydrogens (tertiary/aromatic N) is 1. The minimum absolute atomic E-state index is 0.192. The van der Waals surface area contributed by atoms with Crippen LogP contribution in [0.1, 0.15) is 6.42 Å². The number of amides is 3. The Bertz CT molecular complexity index is 445. The first-order valence-corrected chi connectivity index (χ1v) is 6.25. The van der Waals surface area contributed by atoms with Crippen molar-refractivity contribution in [2.45, 2.75) is 18.6 Å². The summed E-state index contributed by atoms with van der Waals surface area (Å²) in [5, 5.41) is 10.6. The van der Waals surface area contributed by atoms with Gasteiger partial charge in [-0.15, -0.1) is 0 Å². The number of carboxylic acid groups (broad SMARTS) is 1. The summed E-state index contributed by atoms with van der Waals surface area (Å²) < 4.78 is 5.52. The highest BCUT2D eigenvalue weighted by molar-refractivity contribution is 6.06. The molecule has 4 unspecified atom stereocenters. The molecule has 4 atom stereocenters. The zero-order valence-corrected chi connectivity index (χ0v) is 10.1. The lowest BCUT2D eigenvalue weighted by Gasteiger charge is -2.17. The Labute approximate surface area is 109 Å². The minimum atomic E-state index is -1.11. The molecule has 0 aliphatic carbocycles. The molecule has 0 saturated carbocycles. The summed E-state index contributed by atoms with van der Waals surface area (Å²) >= 11 is 0. The predicted molar refractivity (Wildman–Crippen MR) is 62.1 cm³/mol. The van der Waals surface area contributed by atoms with Crippen LogP contribution >= 0.6 is 0 Å². The summed E-state index contributed by atoms with van der Waals surface area (Å²) in [4.78, 5) is 35.9. The SMILES string of the molecule is O=C(O)NCCCN1C(=O)C2C3C=CC(O3)C2C1=O. The van der Waals surface area contributed by atoms with E-state index in [4.69, 9.17) is 9.84 Å². The van der Waals surface area contributed by atoms with Crippen molar-refractivity contribution in [3.05, 3.63) is 12.2 Å². The van der Waals surface area contributed by atoms with E-state index < -0.39 is 6.09 Å². The van der Waals surface area contributed by atoms with Gasteiger partial charge >= 0.3 is 6.09 Å². The van der Waals surface area contributed by atoms with Crippen molar-refractivity contribution < 1.29 is 24.2 Å². The monoisotopic (exact) mass is 266 g/mol. The number of ether oxygens (including phenoxy) is 1. The maximum absolute atomic E-state index is 12.2. The number of fused-ring (bicyclic) bond motifs is 5. The summed E-state index contributed by atoms with van der Waals surface area (Å²) in [7, 11) is 0. The van der Waals surface area contributed by atoms with Crippen LogP contribution < -0.4 is 5.32 Å². The van der Waals surface area contributed by atoms with Crippen LogP contribution in [0.15, 0.2) is 12.2 Å². The lowest BCUT2D eigenvalue weighted by Crippen LogP contribution is -2.36. The fourth-order valence-corrected chi connectivity index (χ4v) is 3.02. The molecule has 7 nitrogen and oxygen atoms in total. The van der Waals surface area contributed by atoms with Crippen LogP contribution in [-0.4, -0.2) is 53.2 Å². The molecule has 0 radical (unpaired) electrons. The third-order valence-corrected chi connectivity index (χ3v) is 3.84. The molecule has 3 amide bonds. The summed E-state index contributed by atoms with van der Waals surface area (Å²) in [6, 6.07) is 0. The summed E-state index contributed by atoms with van der Waals surface area (Å²) in [6.45, 7) is 0.480. The molecule has 3 rings (SSSR count). The van der Waals surface area contributed by atoms with Gasteiger partial charge in [0.05, 0.1) is 24.0 Å². The van der Waals surface area contributed by atoms with Gasteiger partial charge in [0.15, 0.2) is 0 Å². The van der Waals surface area contributed by atoms with Gasteiger partial charge in [0.25, 0.3) is 0 Å². The zero-order chi connectivity index (χ0) is 13.6. The smallest absolute Gasteiger partial charge is 0.404 e. The molecule has 0 aromatic carbocycles. The molecule has 0 aromatic rings. The standard InChI is InChI=1S/C12H14N2O5/c15-10-8-6-2-3-7(19-6)9(8)11(16)14(10)5-1-4-13-12(17)18/h2-3,6-9,13H,1,4-5H2,(H,17,18). The second kappa shape index (κ2) is 4.34. The van der Waals surface area contributed by atoms with Crippen LogP contribution in [0, 0.1) is 11.8 Å². The van der Waals surface area contributed by atoms with Gasteiger partial charge in [-0.25, -0.2) is 4.79 Å². The molecule has 2 saturated heterocycles. The van der Waals surface area contributed by atoms with Crippen LogP contribution in [0.25, 0.3) is 0 Å². The first-order chi connectivity index (χ1) is 9.09. The average molecular weight is 266 g/mol. The predicted octanol–water partition coefficient (Wildman–Crippen LogP) is -0.417. The minimum Gasteiger partial charge on any atom is -0.465 e. The lowest BCUT2D eigenvalue weighted by atomic mass is 9.85. The fraction of sp³-hybridized carbons (Fsp3) is 0.583. The van der Waals surface area contributed by atoms with E-state index in [1.165, 1.54) is 4.90 Å². The van der Waals surface area contributed by atoms with Crippen LogP contribution in [0.4, 0.5) is 4.79 Å². The second-order valence-electron chi connectivity index (χ2n) is 4.92. The Morgan fingerprint density at radius 3 is 2.37 bits per heavy atom. The third-order valence-electron chi connectivity index (χ3n) is 3.84. The van der Waals surface area contributed by atoms with E-state index in [9.17, 15) is 14.4 Å². The molecule has 3 heterocycles. The van der Waals surface area contributed by atoms with Crippen LogP contribution in [0.2, 0.25) is 0 Å². The molecular weight excluding hydrogens is 252 g/mol. The number of nitrogens with one attached hydrogen (secondary N) is 1. The average Bonchev–Trinajstić information content (AvgIpc) is 3.02. The lowest BCUT2D eigenvalue weighted by molar-refractivity contribution is -0.142. The highest BCUT2D eigenvalue weighted by Crippen LogP contribution is 2.44. The second-order valence-corrected chi connectivity index (χ2v) is 4.92. The van der Waals surface area contributed by atoms with Gasteiger partial charge in [0, 0.05) is 13.1 Å². The topological polar surface area (TPSA) is 95.9 Å². The van der Waals surface area contributed by atoms with Crippen molar-refractivity contribution in [2.75, 3.05) is 13.1 Å². The summed E-state index contributed by atoms with van der Waals surface area (Å²) in [5.41, 5.74) is 0. The van der Waals surface area contributed by atoms with E-state index in [2.05, 4.69) is 5.32 Å². The van der Waals surface area contributed by atoms with E-state index in [0.29, 0.717) is 6.42 Å². The Morgan fingerprint density at radius 2 is 1.84 bits per heavy atom. The van der Waals surface area contributed by atoms with Gasteiger partial charge in [-0.05, 0) is 6.42 Å². The van der Waals surface area contributed by atoms with Gasteiger partial charge in [-0.3, -0.25) is 14.5 Å². The van der Waals surface area contributed by atoms with E-state index in [1.54, 1.807) is 0 Å². The van der Waals surface area contributed by atoms with Crippen molar-refractivity contribution in [2.24, 2.45) is 11.8 Å². The summed E-state index contributed by atoms with van der Waals surface area (Å²) in [6.07, 6.45) is 2.46. The van der Waals surface area contributed by atoms with Crippen molar-refractivity contribution in [1.29, 1.82) is 0 Å². The quantitative estimate of drug-likeness (QED) is 0.409. The first kappa shape index (κ1) is 12.2. The molecule has 19 heavy (non-hydrogen) atoms. The van der Waals surface area contributed by atoms with Gasteiger partial charge in [0.1, 0.15) is 0 Å². The highest BCUT2D eigenvalue weighted by atomic mass is 16.5. The zero-order valence-electron chi connectivity index (χ0n) is 10.1. The Morgan fingerprint density at radius 1 is 1.26 bits per heavy atom. The number of hydrogen-bond donors (Lipinski definition) is 2. The normalized spacial score (nSPS) is 35.1. The molecule has 0 spiro atoms. The first-order valence-electron chi connectivity index (χ1n) is 6.25. The maximum atomic E-state index is 12.2. The molecule has 3 aliphatic heterocycles. The van der Waals surface area contributed by atoms with E-state index in [0.717, 1.165) is 0 Å². The molecular formula is C12H14N2O5. The number of carbonyl (C=O) groups is 3. The van der Waals surface area contributed by atoms with Gasteiger partial charge in [-0.2, -0.15) is 0 Å². The third kappa shape index (κ3) is 1.81. The van der Waals surface area contributed by atoms with E-state index >= 15 is 0 Å². The molecule has 2 bridgehead atoms. The molecule has 3 aliphatic rings. The van der Waals surface area contributed by atoms with Gasteiger partial charge in [-0.1, -0.05) is 12.2 Å². The molecule has 2 fully saturated rings. The van der Waals surface area contributed by atoms with Crippen LogP contribution in [0.5, 0.6) is 0 Å². The van der Waals surface area contributed by atoms with E-state index in [-0.39, 0.29) is 48.9 Å². The number of hydrogen-bond acceptors (Lipinski definition) is 4. The molecule has 2 N–H and O–H groups in total. The number of carbonyl (C=O) groups excluding carboxylic acids is 2. The van der Waals surface area contributed by atoms with Gasteiger partial charge < -0.3 is 15.2 Å². The number of rotatable bonds is 4. The van der Waals surface area contributed by atoms with Crippen molar-refractivity contribution in [1.82, 2.24) is 10.2 Å². The highest BCUT2D eigenvalue weighted by Gasteiger charge is 2.60. The van der Waals surface area contributed by atoms with Gasteiger partial charge in [0.2, 0.25) is 11.8 Å².